The molecule has 1 fully saturated rings. The van der Waals surface area contributed by atoms with Crippen LogP contribution in [-0.4, -0.2) is 43.5 Å². The van der Waals surface area contributed by atoms with Crippen LogP contribution in [0.25, 0.3) is 0 Å². The molecule has 1 amide bonds. The molecule has 104 valence electrons. The third-order valence-corrected chi connectivity index (χ3v) is 4.20. The molecule has 6 nitrogen and oxygen atoms in total. The highest BCUT2D eigenvalue weighted by molar-refractivity contribution is 7.90. The Balaban J connectivity index is 2.54. The normalized spacial score (nSPS) is 23.2. The van der Waals surface area contributed by atoms with Gasteiger partial charge in [0.05, 0.1) is 5.75 Å². The van der Waals surface area contributed by atoms with E-state index < -0.39 is 21.8 Å². The maximum atomic E-state index is 11.7. The molecule has 0 bridgehead atoms. The van der Waals surface area contributed by atoms with E-state index in [0.717, 1.165) is 12.7 Å². The topological polar surface area (TPSA) is 101 Å². The standard InChI is InChI=1S/C11H19NO5S/c1-11(2)6-7(11)9(13)12-8(10(14)15)4-5-18(3,16)17/h7-8H,4-6H2,1-3H3,(H,12,13)(H,14,15). The van der Waals surface area contributed by atoms with E-state index in [0.29, 0.717) is 0 Å². The van der Waals surface area contributed by atoms with Gasteiger partial charge < -0.3 is 10.4 Å². The third-order valence-electron chi connectivity index (χ3n) is 3.22. The number of carbonyl (C=O) groups excluding carboxylic acids is 1. The van der Waals surface area contributed by atoms with Crippen molar-refractivity contribution < 1.29 is 23.1 Å². The summed E-state index contributed by atoms with van der Waals surface area (Å²) in [6, 6.07) is -1.14. The molecule has 0 aromatic carbocycles. The number of aliphatic carboxylic acids is 1. The van der Waals surface area contributed by atoms with Crippen molar-refractivity contribution in [2.24, 2.45) is 11.3 Å². The highest BCUT2D eigenvalue weighted by Gasteiger charge is 2.51. The number of carboxylic acids is 1. The first kappa shape index (κ1) is 14.9. The molecule has 2 atom stereocenters. The predicted octanol–water partition coefficient (Wildman–Crippen LogP) is 0.0366. The van der Waals surface area contributed by atoms with Crippen molar-refractivity contribution in [1.29, 1.82) is 0 Å². The first-order valence-corrected chi connectivity index (χ1v) is 7.80. The number of hydrogen-bond acceptors (Lipinski definition) is 4. The van der Waals surface area contributed by atoms with Gasteiger partial charge in [0.2, 0.25) is 5.91 Å². The molecular formula is C11H19NO5S. The van der Waals surface area contributed by atoms with E-state index in [1.54, 1.807) is 0 Å². The number of hydrogen-bond donors (Lipinski definition) is 2. The average molecular weight is 277 g/mol. The number of carbonyl (C=O) groups is 2. The Morgan fingerprint density at radius 3 is 2.28 bits per heavy atom. The first-order valence-electron chi connectivity index (χ1n) is 5.74. The predicted molar refractivity (Wildman–Crippen MR) is 65.8 cm³/mol. The summed E-state index contributed by atoms with van der Waals surface area (Å²) in [6.07, 6.45) is 1.67. The summed E-state index contributed by atoms with van der Waals surface area (Å²) in [6.45, 7) is 3.87. The lowest BCUT2D eigenvalue weighted by Gasteiger charge is -2.14. The Morgan fingerprint density at radius 1 is 1.44 bits per heavy atom. The molecule has 1 rings (SSSR count). The van der Waals surface area contributed by atoms with E-state index in [2.05, 4.69) is 5.32 Å². The summed E-state index contributed by atoms with van der Waals surface area (Å²) in [4.78, 5) is 22.7. The van der Waals surface area contributed by atoms with Gasteiger partial charge in [-0.1, -0.05) is 13.8 Å². The molecule has 0 saturated heterocycles. The fraction of sp³-hybridized carbons (Fsp3) is 0.818. The van der Waals surface area contributed by atoms with E-state index in [4.69, 9.17) is 5.11 Å². The SMILES string of the molecule is CC1(C)CC1C(=O)NC(CCS(C)(=O)=O)C(=O)O. The largest absolute Gasteiger partial charge is 0.480 e. The van der Waals surface area contributed by atoms with E-state index in [9.17, 15) is 18.0 Å². The van der Waals surface area contributed by atoms with E-state index in [1.165, 1.54) is 0 Å². The van der Waals surface area contributed by atoms with Crippen molar-refractivity contribution in [2.45, 2.75) is 32.7 Å². The molecule has 0 aliphatic heterocycles. The van der Waals surface area contributed by atoms with Gasteiger partial charge in [-0.3, -0.25) is 4.79 Å². The van der Waals surface area contributed by atoms with Gasteiger partial charge in [-0.05, 0) is 18.3 Å². The van der Waals surface area contributed by atoms with Gasteiger partial charge in [-0.15, -0.1) is 0 Å². The molecule has 0 aromatic rings. The number of sulfone groups is 1. The molecule has 0 aromatic heterocycles. The van der Waals surface area contributed by atoms with Gasteiger partial charge in [-0.2, -0.15) is 0 Å². The van der Waals surface area contributed by atoms with Gasteiger partial charge in [0.1, 0.15) is 15.9 Å². The van der Waals surface area contributed by atoms with Gasteiger partial charge >= 0.3 is 5.97 Å². The molecule has 0 radical (unpaired) electrons. The first-order chi connectivity index (χ1) is 8.03. The molecule has 0 spiro atoms. The summed E-state index contributed by atoms with van der Waals surface area (Å²) < 4.78 is 22.0. The lowest BCUT2D eigenvalue weighted by molar-refractivity contribution is -0.142. The zero-order valence-corrected chi connectivity index (χ0v) is 11.6. The van der Waals surface area contributed by atoms with E-state index in [-0.39, 0.29) is 29.4 Å². The second kappa shape index (κ2) is 4.87. The summed E-state index contributed by atoms with van der Waals surface area (Å²) in [5.74, 6) is -1.93. The van der Waals surface area contributed by atoms with Crippen molar-refractivity contribution in [2.75, 3.05) is 12.0 Å². The molecule has 2 unspecified atom stereocenters. The Morgan fingerprint density at radius 2 is 1.94 bits per heavy atom. The summed E-state index contributed by atoms with van der Waals surface area (Å²) in [5.41, 5.74) is -0.0794. The van der Waals surface area contributed by atoms with Crippen LogP contribution in [0.1, 0.15) is 26.7 Å². The van der Waals surface area contributed by atoms with Crippen LogP contribution in [0.5, 0.6) is 0 Å². The van der Waals surface area contributed by atoms with Crippen LogP contribution in [0.4, 0.5) is 0 Å². The minimum atomic E-state index is -3.23. The van der Waals surface area contributed by atoms with Gasteiger partial charge in [-0.25, -0.2) is 13.2 Å². The number of nitrogens with one attached hydrogen (secondary N) is 1. The van der Waals surface area contributed by atoms with Gasteiger partial charge in [0, 0.05) is 12.2 Å². The number of rotatable bonds is 6. The molecule has 0 heterocycles. The second-order valence-corrected chi connectivity index (χ2v) is 7.82. The lowest BCUT2D eigenvalue weighted by Crippen LogP contribution is -2.43. The van der Waals surface area contributed by atoms with Crippen LogP contribution in [0, 0.1) is 11.3 Å². The molecule has 1 aliphatic rings. The monoisotopic (exact) mass is 277 g/mol. The number of carboxylic acid groups (broad SMARTS) is 1. The highest BCUT2D eigenvalue weighted by atomic mass is 32.2. The molecule has 1 saturated carbocycles. The maximum absolute atomic E-state index is 11.7. The molecule has 2 N–H and O–H groups in total. The lowest BCUT2D eigenvalue weighted by atomic mass is 10.1. The van der Waals surface area contributed by atoms with Crippen LogP contribution in [0.3, 0.4) is 0 Å². The Hall–Kier alpha value is -1.11. The minimum absolute atomic E-state index is 0.0794. The Kier molecular flexibility index (Phi) is 4.05. The maximum Gasteiger partial charge on any atom is 0.326 e. The number of amides is 1. The van der Waals surface area contributed by atoms with Crippen molar-refractivity contribution in [3.63, 3.8) is 0 Å². The quantitative estimate of drug-likeness (QED) is 0.713. The van der Waals surface area contributed by atoms with Crippen molar-refractivity contribution in [3.8, 4) is 0 Å². The van der Waals surface area contributed by atoms with Crippen molar-refractivity contribution in [1.82, 2.24) is 5.32 Å². The fourth-order valence-electron chi connectivity index (χ4n) is 1.78. The minimum Gasteiger partial charge on any atom is -0.480 e. The summed E-state index contributed by atoms with van der Waals surface area (Å²) in [5, 5.41) is 11.3. The molecular weight excluding hydrogens is 258 g/mol. The van der Waals surface area contributed by atoms with Crippen LogP contribution >= 0.6 is 0 Å². The highest BCUT2D eigenvalue weighted by Crippen LogP contribution is 2.51. The molecule has 1 aliphatic carbocycles. The van der Waals surface area contributed by atoms with Crippen molar-refractivity contribution in [3.05, 3.63) is 0 Å². The van der Waals surface area contributed by atoms with Crippen LogP contribution < -0.4 is 5.32 Å². The van der Waals surface area contributed by atoms with Crippen LogP contribution in [0.2, 0.25) is 0 Å². The van der Waals surface area contributed by atoms with E-state index in [1.807, 2.05) is 13.8 Å². The summed E-state index contributed by atoms with van der Waals surface area (Å²) >= 11 is 0. The fourth-order valence-corrected chi connectivity index (χ4v) is 2.44. The van der Waals surface area contributed by atoms with Gasteiger partial charge in [0.15, 0.2) is 0 Å². The summed E-state index contributed by atoms with van der Waals surface area (Å²) in [7, 11) is -3.23. The molecule has 18 heavy (non-hydrogen) atoms. The van der Waals surface area contributed by atoms with Crippen molar-refractivity contribution >= 4 is 21.7 Å². The van der Waals surface area contributed by atoms with Crippen LogP contribution in [0.15, 0.2) is 0 Å². The van der Waals surface area contributed by atoms with Crippen LogP contribution in [-0.2, 0) is 19.4 Å². The van der Waals surface area contributed by atoms with E-state index >= 15 is 0 Å². The third kappa shape index (κ3) is 4.29. The zero-order valence-electron chi connectivity index (χ0n) is 10.8. The average Bonchev–Trinajstić information content (AvgIpc) is 2.80. The smallest absolute Gasteiger partial charge is 0.326 e. The second-order valence-electron chi connectivity index (χ2n) is 5.56. The Bertz CT molecular complexity index is 454. The Labute approximate surface area is 107 Å². The zero-order chi connectivity index (χ0) is 14.1. The molecule has 7 heteroatoms. The van der Waals surface area contributed by atoms with Gasteiger partial charge in [0.25, 0.3) is 0 Å².